The first-order valence-electron chi connectivity index (χ1n) is 6.38. The zero-order valence-corrected chi connectivity index (χ0v) is 11.8. The molecule has 2 amide bonds. The van der Waals surface area contributed by atoms with Crippen LogP contribution in [0.5, 0.6) is 5.75 Å². The number of para-hydroxylation sites is 2. The lowest BCUT2D eigenvalue weighted by Gasteiger charge is -2.12. The lowest BCUT2D eigenvalue weighted by Crippen LogP contribution is -2.18. The fraction of sp³-hybridized carbons (Fsp3) is 0.125. The number of primary amides is 1. The largest absolute Gasteiger partial charge is 0.496 e. The summed E-state index contributed by atoms with van der Waals surface area (Å²) in [5, 5.41) is 2.69. The molecule has 5 heteroatoms. The second-order valence-electron chi connectivity index (χ2n) is 4.52. The molecule has 5 nitrogen and oxygen atoms in total. The molecule has 0 heterocycles. The number of methoxy groups -OCH3 is 1. The van der Waals surface area contributed by atoms with Crippen LogP contribution >= 0.6 is 0 Å². The van der Waals surface area contributed by atoms with E-state index in [1.807, 2.05) is 13.0 Å². The Kier molecular flexibility index (Phi) is 4.23. The fourth-order valence-electron chi connectivity index (χ4n) is 2.10. The molecule has 0 aliphatic rings. The van der Waals surface area contributed by atoms with E-state index in [2.05, 4.69) is 5.32 Å². The van der Waals surface area contributed by atoms with E-state index in [1.54, 1.807) is 36.4 Å². The molecule has 108 valence electrons. The van der Waals surface area contributed by atoms with Crippen LogP contribution in [0.4, 0.5) is 5.69 Å². The molecule has 0 fully saturated rings. The number of hydrogen-bond acceptors (Lipinski definition) is 3. The Balaban J connectivity index is 2.35. The van der Waals surface area contributed by atoms with Crippen LogP contribution in [0.1, 0.15) is 26.3 Å². The lowest BCUT2D eigenvalue weighted by atomic mass is 10.1. The maximum Gasteiger partial charge on any atom is 0.259 e. The third-order valence-electron chi connectivity index (χ3n) is 3.10. The van der Waals surface area contributed by atoms with Crippen LogP contribution in [0.2, 0.25) is 0 Å². The van der Waals surface area contributed by atoms with Gasteiger partial charge < -0.3 is 15.8 Å². The summed E-state index contributed by atoms with van der Waals surface area (Å²) < 4.78 is 5.26. The molecule has 0 saturated carbocycles. The predicted molar refractivity (Wildman–Crippen MR) is 80.6 cm³/mol. The van der Waals surface area contributed by atoms with E-state index in [0.29, 0.717) is 17.0 Å². The van der Waals surface area contributed by atoms with Gasteiger partial charge in [0.1, 0.15) is 5.75 Å². The first-order chi connectivity index (χ1) is 10.0. The quantitative estimate of drug-likeness (QED) is 0.904. The van der Waals surface area contributed by atoms with Crippen molar-refractivity contribution in [2.75, 3.05) is 12.4 Å². The Morgan fingerprint density at radius 1 is 1.05 bits per heavy atom. The molecule has 0 saturated heterocycles. The third kappa shape index (κ3) is 3.02. The van der Waals surface area contributed by atoms with Gasteiger partial charge in [-0.05, 0) is 30.7 Å². The van der Waals surface area contributed by atoms with Crippen molar-refractivity contribution in [2.24, 2.45) is 5.73 Å². The molecule has 2 aromatic rings. The molecule has 0 unspecified atom stereocenters. The summed E-state index contributed by atoms with van der Waals surface area (Å²) in [6.07, 6.45) is 0. The molecule has 0 radical (unpaired) electrons. The van der Waals surface area contributed by atoms with Crippen LogP contribution in [-0.4, -0.2) is 18.9 Å². The summed E-state index contributed by atoms with van der Waals surface area (Å²) in [5.41, 5.74) is 7.18. The summed E-state index contributed by atoms with van der Waals surface area (Å²) >= 11 is 0. The third-order valence-corrected chi connectivity index (χ3v) is 3.10. The van der Waals surface area contributed by atoms with E-state index in [0.717, 1.165) is 5.56 Å². The van der Waals surface area contributed by atoms with Gasteiger partial charge >= 0.3 is 0 Å². The van der Waals surface area contributed by atoms with Gasteiger partial charge in [-0.3, -0.25) is 9.59 Å². The van der Waals surface area contributed by atoms with Crippen LogP contribution in [0.25, 0.3) is 0 Å². The number of carbonyl (C=O) groups is 2. The number of carbonyl (C=O) groups excluding carboxylic acids is 2. The van der Waals surface area contributed by atoms with E-state index < -0.39 is 5.91 Å². The number of nitrogens with two attached hydrogens (primary N) is 1. The van der Waals surface area contributed by atoms with Gasteiger partial charge in [0.15, 0.2) is 0 Å². The van der Waals surface area contributed by atoms with E-state index >= 15 is 0 Å². The molecule has 0 aliphatic carbocycles. The van der Waals surface area contributed by atoms with Crippen molar-refractivity contribution in [3.8, 4) is 5.75 Å². The lowest BCUT2D eigenvalue weighted by molar-refractivity contribution is 0.100. The topological polar surface area (TPSA) is 81.4 Å². The molecule has 0 spiro atoms. The Hall–Kier alpha value is -2.82. The van der Waals surface area contributed by atoms with Crippen LogP contribution in [0.15, 0.2) is 42.5 Å². The van der Waals surface area contributed by atoms with Crippen molar-refractivity contribution in [1.29, 1.82) is 0 Å². The van der Waals surface area contributed by atoms with E-state index in [9.17, 15) is 9.59 Å². The van der Waals surface area contributed by atoms with Crippen molar-refractivity contribution in [1.82, 2.24) is 0 Å². The Labute approximate surface area is 122 Å². The summed E-state index contributed by atoms with van der Waals surface area (Å²) in [6, 6.07) is 11.9. The van der Waals surface area contributed by atoms with Crippen LogP contribution in [0, 0.1) is 6.92 Å². The number of rotatable bonds is 4. The Morgan fingerprint density at radius 2 is 1.71 bits per heavy atom. The van der Waals surface area contributed by atoms with E-state index in [-0.39, 0.29) is 11.5 Å². The first kappa shape index (κ1) is 14.6. The van der Waals surface area contributed by atoms with Crippen LogP contribution in [0.3, 0.4) is 0 Å². The van der Waals surface area contributed by atoms with Gasteiger partial charge in [-0.2, -0.15) is 0 Å². The minimum absolute atomic E-state index is 0.262. The molecule has 0 aliphatic heterocycles. The maximum absolute atomic E-state index is 12.4. The summed E-state index contributed by atoms with van der Waals surface area (Å²) in [5.74, 6) is -0.446. The van der Waals surface area contributed by atoms with E-state index in [1.165, 1.54) is 7.11 Å². The van der Waals surface area contributed by atoms with Gasteiger partial charge in [-0.15, -0.1) is 0 Å². The minimum Gasteiger partial charge on any atom is -0.496 e. The van der Waals surface area contributed by atoms with Crippen molar-refractivity contribution in [2.45, 2.75) is 6.92 Å². The number of ether oxygens (including phenoxy) is 1. The second-order valence-corrected chi connectivity index (χ2v) is 4.52. The van der Waals surface area contributed by atoms with Gasteiger partial charge in [0.25, 0.3) is 11.8 Å². The first-order valence-corrected chi connectivity index (χ1v) is 6.38. The smallest absolute Gasteiger partial charge is 0.259 e. The number of aryl methyl sites for hydroxylation is 1. The molecule has 0 atom stereocenters. The summed E-state index contributed by atoms with van der Waals surface area (Å²) in [6.45, 7) is 1.85. The number of hydrogen-bond donors (Lipinski definition) is 2. The molecule has 3 N–H and O–H groups in total. The fourth-order valence-corrected chi connectivity index (χ4v) is 2.10. The number of nitrogens with one attached hydrogen (secondary N) is 1. The van der Waals surface area contributed by atoms with Gasteiger partial charge in [0.2, 0.25) is 0 Å². The number of anilines is 1. The predicted octanol–water partition coefficient (Wildman–Crippen LogP) is 2.35. The zero-order valence-electron chi connectivity index (χ0n) is 11.8. The molecular formula is C16H16N2O3. The van der Waals surface area contributed by atoms with Crippen LogP contribution in [-0.2, 0) is 0 Å². The van der Waals surface area contributed by atoms with Crippen LogP contribution < -0.4 is 15.8 Å². The van der Waals surface area contributed by atoms with Crippen molar-refractivity contribution < 1.29 is 14.3 Å². The second kappa shape index (κ2) is 6.09. The van der Waals surface area contributed by atoms with Gasteiger partial charge in [0.05, 0.1) is 23.9 Å². The highest BCUT2D eigenvalue weighted by molar-refractivity contribution is 6.10. The summed E-state index contributed by atoms with van der Waals surface area (Å²) in [4.78, 5) is 23.7. The maximum atomic E-state index is 12.4. The van der Waals surface area contributed by atoms with Gasteiger partial charge in [0, 0.05) is 0 Å². The highest BCUT2D eigenvalue weighted by atomic mass is 16.5. The molecule has 0 bridgehead atoms. The highest BCUT2D eigenvalue weighted by Crippen LogP contribution is 2.24. The Bertz CT molecular complexity index is 696. The average Bonchev–Trinajstić information content (AvgIpc) is 2.47. The monoisotopic (exact) mass is 284 g/mol. The number of amides is 2. The highest BCUT2D eigenvalue weighted by Gasteiger charge is 2.16. The Morgan fingerprint density at radius 3 is 2.38 bits per heavy atom. The van der Waals surface area contributed by atoms with Crippen molar-refractivity contribution in [3.63, 3.8) is 0 Å². The van der Waals surface area contributed by atoms with Gasteiger partial charge in [-0.1, -0.05) is 24.3 Å². The SMILES string of the molecule is COc1c(C)cccc1C(=O)Nc1ccccc1C(N)=O. The molecule has 2 rings (SSSR count). The normalized spacial score (nSPS) is 10.0. The van der Waals surface area contributed by atoms with Crippen molar-refractivity contribution >= 4 is 17.5 Å². The van der Waals surface area contributed by atoms with Gasteiger partial charge in [-0.25, -0.2) is 0 Å². The zero-order chi connectivity index (χ0) is 15.4. The number of benzene rings is 2. The molecular weight excluding hydrogens is 268 g/mol. The molecule has 0 aromatic heterocycles. The standard InChI is InChI=1S/C16H16N2O3/c1-10-6-5-8-12(14(10)21-2)16(20)18-13-9-4-3-7-11(13)15(17)19/h3-9H,1-2H3,(H2,17,19)(H,18,20). The summed E-state index contributed by atoms with van der Waals surface area (Å²) in [7, 11) is 1.51. The van der Waals surface area contributed by atoms with Crippen molar-refractivity contribution in [3.05, 3.63) is 59.2 Å². The minimum atomic E-state index is -0.595. The molecule has 21 heavy (non-hydrogen) atoms. The molecule has 2 aromatic carbocycles. The van der Waals surface area contributed by atoms with E-state index in [4.69, 9.17) is 10.5 Å². The average molecular weight is 284 g/mol.